The third-order valence-corrected chi connectivity index (χ3v) is 2.39. The molecule has 100 valence electrons. The number of nitrogens with one attached hydrogen (secondary N) is 2. The molecule has 1 aromatic carbocycles. The number of benzene rings is 1. The average Bonchev–Trinajstić information content (AvgIpc) is 2.77. The van der Waals surface area contributed by atoms with Crippen LogP contribution in [0.5, 0.6) is 0 Å². The number of carbonyl (C=O) groups is 1. The highest BCUT2D eigenvalue weighted by molar-refractivity contribution is 5.93. The minimum absolute atomic E-state index is 0.112. The largest absolute Gasteiger partial charge is 0.374 e. The normalized spacial score (nSPS) is 10.3. The Hall–Kier alpha value is -2.44. The van der Waals surface area contributed by atoms with Crippen molar-refractivity contribution in [2.75, 3.05) is 17.2 Å². The molecule has 2 aromatic rings. The first-order chi connectivity index (χ1) is 9.06. The highest BCUT2D eigenvalue weighted by atomic mass is 19.1. The van der Waals surface area contributed by atoms with Crippen molar-refractivity contribution in [1.82, 2.24) is 9.78 Å². The summed E-state index contributed by atoms with van der Waals surface area (Å²) in [6, 6.07) is 3.38. The minimum atomic E-state index is -0.810. The van der Waals surface area contributed by atoms with Crippen LogP contribution in [0.15, 0.2) is 30.6 Å². The maximum absolute atomic E-state index is 13.3. The fourth-order valence-corrected chi connectivity index (χ4v) is 1.50. The van der Waals surface area contributed by atoms with Crippen LogP contribution in [-0.2, 0) is 11.8 Å². The molecule has 0 saturated heterocycles. The number of aromatic nitrogens is 2. The lowest BCUT2D eigenvalue weighted by Crippen LogP contribution is -2.22. The van der Waals surface area contributed by atoms with Gasteiger partial charge in [-0.3, -0.25) is 9.48 Å². The number of anilines is 2. The van der Waals surface area contributed by atoms with Gasteiger partial charge in [0.25, 0.3) is 0 Å². The van der Waals surface area contributed by atoms with Gasteiger partial charge < -0.3 is 10.6 Å². The van der Waals surface area contributed by atoms with E-state index in [1.807, 2.05) is 0 Å². The van der Waals surface area contributed by atoms with E-state index in [9.17, 15) is 13.6 Å². The number of rotatable bonds is 4. The number of nitrogens with zero attached hydrogens (tertiary/aromatic N) is 2. The molecule has 19 heavy (non-hydrogen) atoms. The van der Waals surface area contributed by atoms with Crippen LogP contribution in [0, 0.1) is 11.6 Å². The van der Waals surface area contributed by atoms with Gasteiger partial charge in [0, 0.05) is 13.2 Å². The van der Waals surface area contributed by atoms with Crippen molar-refractivity contribution < 1.29 is 13.6 Å². The van der Waals surface area contributed by atoms with Crippen molar-refractivity contribution in [2.45, 2.75) is 0 Å². The molecule has 0 radical (unpaired) electrons. The van der Waals surface area contributed by atoms with Crippen molar-refractivity contribution >= 4 is 17.3 Å². The lowest BCUT2D eigenvalue weighted by molar-refractivity contribution is -0.114. The third-order valence-electron chi connectivity index (χ3n) is 2.39. The fraction of sp³-hybridized carbons (Fsp3) is 0.167. The predicted octanol–water partition coefficient (Wildman–Crippen LogP) is 1.75. The first-order valence-electron chi connectivity index (χ1n) is 5.52. The number of hydrogen-bond acceptors (Lipinski definition) is 3. The van der Waals surface area contributed by atoms with Gasteiger partial charge in [-0.05, 0) is 12.1 Å². The number of para-hydroxylation sites is 1. The molecule has 0 aliphatic rings. The van der Waals surface area contributed by atoms with Crippen LogP contribution >= 0.6 is 0 Å². The van der Waals surface area contributed by atoms with Crippen LogP contribution in [0.1, 0.15) is 0 Å². The molecule has 1 heterocycles. The van der Waals surface area contributed by atoms with Gasteiger partial charge in [-0.25, -0.2) is 8.78 Å². The van der Waals surface area contributed by atoms with E-state index in [1.54, 1.807) is 17.9 Å². The fourth-order valence-electron chi connectivity index (χ4n) is 1.50. The van der Waals surface area contributed by atoms with Crippen LogP contribution in [0.25, 0.3) is 0 Å². The summed E-state index contributed by atoms with van der Waals surface area (Å²) in [4.78, 5) is 11.6. The number of aryl methyl sites for hydroxylation is 1. The van der Waals surface area contributed by atoms with Gasteiger partial charge in [0.15, 0.2) is 0 Å². The van der Waals surface area contributed by atoms with Gasteiger partial charge in [0.05, 0.1) is 18.4 Å². The molecule has 2 N–H and O–H groups in total. The van der Waals surface area contributed by atoms with Crippen molar-refractivity contribution in [2.24, 2.45) is 7.05 Å². The Labute approximate surface area is 108 Å². The van der Waals surface area contributed by atoms with E-state index in [0.717, 1.165) is 12.1 Å². The molecule has 1 aromatic heterocycles. The zero-order valence-corrected chi connectivity index (χ0v) is 10.2. The van der Waals surface area contributed by atoms with Crippen LogP contribution in [0.3, 0.4) is 0 Å². The molecule has 2 rings (SSSR count). The lowest BCUT2D eigenvalue weighted by Gasteiger charge is -2.08. The SMILES string of the molecule is Cn1cc(NCC(=O)Nc2c(F)cccc2F)cn1. The molecular weight excluding hydrogens is 254 g/mol. The molecule has 5 nitrogen and oxygen atoms in total. The summed E-state index contributed by atoms with van der Waals surface area (Å²) in [6.45, 7) is -0.112. The van der Waals surface area contributed by atoms with Crippen molar-refractivity contribution in [3.63, 3.8) is 0 Å². The number of amides is 1. The Kier molecular flexibility index (Phi) is 3.74. The quantitative estimate of drug-likeness (QED) is 0.886. The summed E-state index contributed by atoms with van der Waals surface area (Å²) in [5.41, 5.74) is 0.201. The number of hydrogen-bond donors (Lipinski definition) is 2. The summed E-state index contributed by atoms with van der Waals surface area (Å²) in [7, 11) is 1.74. The molecule has 0 bridgehead atoms. The second kappa shape index (κ2) is 5.47. The van der Waals surface area contributed by atoms with E-state index in [1.165, 1.54) is 12.3 Å². The molecule has 1 amide bonds. The smallest absolute Gasteiger partial charge is 0.243 e. The van der Waals surface area contributed by atoms with Gasteiger partial charge in [-0.1, -0.05) is 6.07 Å². The summed E-state index contributed by atoms with van der Waals surface area (Å²) in [6.07, 6.45) is 3.22. The van der Waals surface area contributed by atoms with Gasteiger partial charge in [-0.15, -0.1) is 0 Å². The summed E-state index contributed by atoms with van der Waals surface area (Å²) < 4.78 is 28.1. The van der Waals surface area contributed by atoms with Crippen LogP contribution in [0.4, 0.5) is 20.2 Å². The van der Waals surface area contributed by atoms with E-state index in [2.05, 4.69) is 15.7 Å². The molecule has 0 fully saturated rings. The van der Waals surface area contributed by atoms with Crippen LogP contribution in [-0.4, -0.2) is 22.2 Å². The predicted molar refractivity (Wildman–Crippen MR) is 66.7 cm³/mol. The van der Waals surface area contributed by atoms with E-state index in [4.69, 9.17) is 0 Å². The average molecular weight is 266 g/mol. The Morgan fingerprint density at radius 2 is 2.05 bits per heavy atom. The second-order valence-electron chi connectivity index (χ2n) is 3.90. The lowest BCUT2D eigenvalue weighted by atomic mass is 10.3. The molecule has 0 unspecified atom stereocenters. The maximum Gasteiger partial charge on any atom is 0.243 e. The maximum atomic E-state index is 13.3. The number of carbonyl (C=O) groups excluding carboxylic acids is 1. The van der Waals surface area contributed by atoms with Crippen LogP contribution < -0.4 is 10.6 Å². The summed E-state index contributed by atoms with van der Waals surface area (Å²) >= 11 is 0. The Bertz CT molecular complexity index is 577. The second-order valence-corrected chi connectivity index (χ2v) is 3.90. The molecule has 0 saturated carbocycles. The van der Waals surface area contributed by atoms with Gasteiger partial charge >= 0.3 is 0 Å². The van der Waals surface area contributed by atoms with Gasteiger partial charge in [0.2, 0.25) is 5.91 Å². The first kappa shape index (κ1) is 13.0. The third kappa shape index (κ3) is 3.27. The molecule has 0 aliphatic heterocycles. The Balaban J connectivity index is 1.94. The van der Waals surface area contributed by atoms with Gasteiger partial charge in [0.1, 0.15) is 17.3 Å². The highest BCUT2D eigenvalue weighted by Gasteiger charge is 2.11. The van der Waals surface area contributed by atoms with Crippen molar-refractivity contribution in [1.29, 1.82) is 0 Å². The molecule has 0 aliphatic carbocycles. The first-order valence-corrected chi connectivity index (χ1v) is 5.52. The zero-order valence-electron chi connectivity index (χ0n) is 10.2. The van der Waals surface area contributed by atoms with Crippen LogP contribution in [0.2, 0.25) is 0 Å². The molecule has 0 atom stereocenters. The Morgan fingerprint density at radius 1 is 1.37 bits per heavy atom. The molecular formula is C12H12F2N4O. The van der Waals surface area contributed by atoms with E-state index >= 15 is 0 Å². The monoisotopic (exact) mass is 266 g/mol. The van der Waals surface area contributed by atoms with E-state index in [0.29, 0.717) is 5.69 Å². The van der Waals surface area contributed by atoms with Crippen molar-refractivity contribution in [3.8, 4) is 0 Å². The Morgan fingerprint density at radius 3 is 2.63 bits per heavy atom. The number of halogens is 2. The summed E-state index contributed by atoms with van der Waals surface area (Å²) in [5.74, 6) is -2.17. The standard InChI is InChI=1S/C12H12F2N4O/c1-18-7-8(5-16-18)15-6-11(19)17-12-9(13)3-2-4-10(12)14/h2-5,7,15H,6H2,1H3,(H,17,19). The van der Waals surface area contributed by atoms with E-state index < -0.39 is 23.2 Å². The highest BCUT2D eigenvalue weighted by Crippen LogP contribution is 2.17. The minimum Gasteiger partial charge on any atom is -0.374 e. The summed E-state index contributed by atoms with van der Waals surface area (Å²) in [5, 5.41) is 8.87. The molecule has 7 heteroatoms. The van der Waals surface area contributed by atoms with E-state index in [-0.39, 0.29) is 6.54 Å². The topological polar surface area (TPSA) is 59.0 Å². The molecule has 0 spiro atoms. The van der Waals surface area contributed by atoms with Gasteiger partial charge in [-0.2, -0.15) is 5.10 Å². The van der Waals surface area contributed by atoms with Crippen molar-refractivity contribution in [3.05, 3.63) is 42.2 Å². The zero-order chi connectivity index (χ0) is 13.8.